The van der Waals surface area contributed by atoms with Gasteiger partial charge < -0.3 is 5.73 Å². The highest BCUT2D eigenvalue weighted by Gasteiger charge is 2.14. The number of nitrogens with two attached hydrogens (primary N) is 1. The first kappa shape index (κ1) is 10.2. The van der Waals surface area contributed by atoms with Crippen molar-refractivity contribution in [2.24, 2.45) is 0 Å². The zero-order valence-electron chi connectivity index (χ0n) is 9.05. The van der Waals surface area contributed by atoms with Crippen molar-refractivity contribution in [3.8, 4) is 0 Å². The molecule has 1 aromatic heterocycles. The largest absolute Gasteiger partial charge is 0.397 e. The summed E-state index contributed by atoms with van der Waals surface area (Å²) in [4.78, 5) is 12.0. The van der Waals surface area contributed by atoms with Crippen LogP contribution in [0.15, 0.2) is 12.1 Å². The van der Waals surface area contributed by atoms with Gasteiger partial charge in [-0.2, -0.15) is 0 Å². The van der Waals surface area contributed by atoms with Crippen molar-refractivity contribution in [1.29, 1.82) is 0 Å². The van der Waals surface area contributed by atoms with Crippen LogP contribution < -0.4 is 5.73 Å². The summed E-state index contributed by atoms with van der Waals surface area (Å²) < 4.78 is 1.11. The van der Waals surface area contributed by atoms with E-state index < -0.39 is 0 Å². The number of carbonyl (C=O) groups excluding carboxylic acids is 1. The molecule has 0 saturated carbocycles. The van der Waals surface area contributed by atoms with Gasteiger partial charge >= 0.3 is 0 Å². The first-order chi connectivity index (χ1) is 7.00. The van der Waals surface area contributed by atoms with Crippen molar-refractivity contribution in [1.82, 2.24) is 0 Å². The Bertz CT molecular complexity index is 554. The molecular weight excluding hydrogens is 206 g/mol. The predicted octanol–water partition coefficient (Wildman–Crippen LogP) is 3.30. The molecule has 2 aromatic rings. The summed E-state index contributed by atoms with van der Waals surface area (Å²) in [6.45, 7) is 5.64. The number of anilines is 1. The van der Waals surface area contributed by atoms with E-state index in [1.807, 2.05) is 6.92 Å². The Morgan fingerprint density at radius 1 is 1.33 bits per heavy atom. The van der Waals surface area contributed by atoms with Gasteiger partial charge in [0.15, 0.2) is 5.78 Å². The summed E-state index contributed by atoms with van der Waals surface area (Å²) >= 11 is 1.49. The number of Topliss-reactive ketones (excluding diaryl/α,β-unsaturated/α-hetero) is 1. The van der Waals surface area contributed by atoms with Gasteiger partial charge in [-0.15, -0.1) is 11.3 Å². The van der Waals surface area contributed by atoms with Crippen LogP contribution in [0.4, 0.5) is 5.69 Å². The van der Waals surface area contributed by atoms with Crippen LogP contribution in [0, 0.1) is 13.8 Å². The second-order valence-corrected chi connectivity index (χ2v) is 4.91. The van der Waals surface area contributed by atoms with Crippen LogP contribution >= 0.6 is 11.3 Å². The van der Waals surface area contributed by atoms with Gasteiger partial charge in [0.1, 0.15) is 0 Å². The molecule has 78 valence electrons. The number of aryl methyl sites for hydroxylation is 2. The average molecular weight is 219 g/mol. The molecule has 0 aliphatic rings. The standard InChI is InChI=1S/C12H13NOS/c1-6-4-7(2)10-9(5-6)15-12(8(3)14)11(10)13/h4-5H,13H2,1-3H3. The average Bonchev–Trinajstić information content (AvgIpc) is 2.42. The molecule has 0 fully saturated rings. The maximum absolute atomic E-state index is 11.4. The number of thiophene rings is 1. The van der Waals surface area contributed by atoms with Gasteiger partial charge in [-0.25, -0.2) is 0 Å². The fourth-order valence-corrected chi connectivity index (χ4v) is 3.09. The normalized spacial score (nSPS) is 10.9. The SMILES string of the molecule is CC(=O)c1sc2cc(C)cc(C)c2c1N. The van der Waals surface area contributed by atoms with Crippen LogP contribution in [-0.4, -0.2) is 5.78 Å². The number of nitrogen functional groups attached to an aromatic ring is 1. The van der Waals surface area contributed by atoms with E-state index in [1.54, 1.807) is 6.92 Å². The number of fused-ring (bicyclic) bond motifs is 1. The molecule has 0 radical (unpaired) electrons. The van der Waals surface area contributed by atoms with Gasteiger partial charge in [-0.05, 0) is 31.0 Å². The highest BCUT2D eigenvalue weighted by molar-refractivity contribution is 7.21. The van der Waals surface area contributed by atoms with Crippen molar-refractivity contribution in [3.63, 3.8) is 0 Å². The van der Waals surface area contributed by atoms with Gasteiger partial charge in [-0.1, -0.05) is 6.07 Å². The molecule has 0 aliphatic carbocycles. The molecular formula is C12H13NOS. The number of ketones is 1. The molecule has 0 amide bonds. The van der Waals surface area contributed by atoms with Gasteiger partial charge in [-0.3, -0.25) is 4.79 Å². The Kier molecular flexibility index (Phi) is 2.27. The maximum atomic E-state index is 11.4. The molecule has 0 saturated heterocycles. The minimum absolute atomic E-state index is 0.0470. The number of hydrogen-bond acceptors (Lipinski definition) is 3. The molecule has 1 heterocycles. The first-order valence-corrected chi connectivity index (χ1v) is 5.62. The molecule has 15 heavy (non-hydrogen) atoms. The topological polar surface area (TPSA) is 43.1 Å². The van der Waals surface area contributed by atoms with Crippen molar-refractivity contribution in [2.75, 3.05) is 5.73 Å². The lowest BCUT2D eigenvalue weighted by molar-refractivity contribution is 0.102. The van der Waals surface area contributed by atoms with E-state index >= 15 is 0 Å². The number of carbonyl (C=O) groups is 1. The quantitative estimate of drug-likeness (QED) is 0.748. The second-order valence-electron chi connectivity index (χ2n) is 3.86. The Labute approximate surface area is 92.7 Å². The van der Waals surface area contributed by atoms with Crippen LogP contribution in [-0.2, 0) is 0 Å². The summed E-state index contributed by atoms with van der Waals surface area (Å²) in [7, 11) is 0. The van der Waals surface area contributed by atoms with Gasteiger partial charge in [0.05, 0.1) is 10.6 Å². The van der Waals surface area contributed by atoms with Crippen LogP contribution in [0.25, 0.3) is 10.1 Å². The third kappa shape index (κ3) is 1.53. The van der Waals surface area contributed by atoms with Crippen LogP contribution in [0.5, 0.6) is 0 Å². The maximum Gasteiger partial charge on any atom is 0.171 e. The van der Waals surface area contributed by atoms with Gasteiger partial charge in [0.2, 0.25) is 0 Å². The minimum Gasteiger partial charge on any atom is -0.397 e. The van der Waals surface area contributed by atoms with E-state index in [0.29, 0.717) is 10.6 Å². The fourth-order valence-electron chi connectivity index (χ4n) is 1.89. The summed E-state index contributed by atoms with van der Waals surface area (Å²) in [5.74, 6) is 0.0470. The van der Waals surface area contributed by atoms with Crippen molar-refractivity contribution >= 4 is 32.9 Å². The predicted molar refractivity (Wildman–Crippen MR) is 65.7 cm³/mol. The summed E-state index contributed by atoms with van der Waals surface area (Å²) in [5.41, 5.74) is 8.97. The molecule has 3 heteroatoms. The van der Waals surface area contributed by atoms with Crippen LogP contribution in [0.3, 0.4) is 0 Å². The van der Waals surface area contributed by atoms with E-state index in [9.17, 15) is 4.79 Å². The molecule has 2 N–H and O–H groups in total. The Morgan fingerprint density at radius 3 is 2.60 bits per heavy atom. The molecule has 1 aromatic carbocycles. The zero-order valence-corrected chi connectivity index (χ0v) is 9.87. The van der Waals surface area contributed by atoms with Crippen LogP contribution in [0.1, 0.15) is 27.7 Å². The van der Waals surface area contributed by atoms with Crippen molar-refractivity contribution in [3.05, 3.63) is 28.1 Å². The fraction of sp³-hybridized carbons (Fsp3) is 0.250. The highest BCUT2D eigenvalue weighted by Crippen LogP contribution is 2.36. The number of rotatable bonds is 1. The van der Waals surface area contributed by atoms with Crippen LogP contribution in [0.2, 0.25) is 0 Å². The summed E-state index contributed by atoms with van der Waals surface area (Å²) in [6, 6.07) is 4.17. The van der Waals surface area contributed by atoms with E-state index in [0.717, 1.165) is 15.6 Å². The lowest BCUT2D eigenvalue weighted by Gasteiger charge is -2.00. The molecule has 0 spiro atoms. The minimum atomic E-state index is 0.0470. The first-order valence-electron chi connectivity index (χ1n) is 4.81. The number of benzene rings is 1. The number of hydrogen-bond donors (Lipinski definition) is 1. The van der Waals surface area contributed by atoms with E-state index in [2.05, 4.69) is 19.1 Å². The molecule has 2 nitrogen and oxygen atoms in total. The molecule has 0 atom stereocenters. The lowest BCUT2D eigenvalue weighted by Crippen LogP contribution is -1.94. The Hall–Kier alpha value is -1.35. The second kappa shape index (κ2) is 3.35. The highest BCUT2D eigenvalue weighted by atomic mass is 32.1. The summed E-state index contributed by atoms with van der Waals surface area (Å²) in [5, 5.41) is 1.04. The lowest BCUT2D eigenvalue weighted by atomic mass is 10.1. The van der Waals surface area contributed by atoms with E-state index in [-0.39, 0.29) is 5.78 Å². The Balaban J connectivity index is 2.88. The molecule has 2 rings (SSSR count). The summed E-state index contributed by atoms with van der Waals surface area (Å²) in [6.07, 6.45) is 0. The van der Waals surface area contributed by atoms with Gasteiger partial charge in [0.25, 0.3) is 0 Å². The van der Waals surface area contributed by atoms with Gasteiger partial charge in [0, 0.05) is 17.0 Å². The van der Waals surface area contributed by atoms with Crippen molar-refractivity contribution < 1.29 is 4.79 Å². The molecule has 0 unspecified atom stereocenters. The van der Waals surface area contributed by atoms with Crippen molar-refractivity contribution in [2.45, 2.75) is 20.8 Å². The molecule has 0 bridgehead atoms. The monoisotopic (exact) mass is 219 g/mol. The Morgan fingerprint density at radius 2 is 2.00 bits per heavy atom. The van der Waals surface area contributed by atoms with E-state index in [4.69, 9.17) is 5.73 Å². The third-order valence-electron chi connectivity index (χ3n) is 2.49. The third-order valence-corrected chi connectivity index (χ3v) is 3.74. The molecule has 0 aliphatic heterocycles. The smallest absolute Gasteiger partial charge is 0.171 e. The zero-order chi connectivity index (χ0) is 11.2. The van der Waals surface area contributed by atoms with E-state index in [1.165, 1.54) is 16.9 Å².